The third kappa shape index (κ3) is 0.377. The van der Waals surface area contributed by atoms with E-state index >= 15 is 0 Å². The van der Waals surface area contributed by atoms with Crippen molar-refractivity contribution >= 4 is 5.78 Å². The molecule has 3 rings (SSSR count). The monoisotopic (exact) mass is 135 g/mol. The molecule has 0 saturated heterocycles. The van der Waals surface area contributed by atoms with Gasteiger partial charge in [0, 0.05) is 11.8 Å². The summed E-state index contributed by atoms with van der Waals surface area (Å²) in [4.78, 5) is 11.4. The van der Waals surface area contributed by atoms with Crippen LogP contribution in [0.2, 0.25) is 0 Å². The van der Waals surface area contributed by atoms with Gasteiger partial charge in [-0.05, 0) is 24.7 Å². The Labute approximate surface area is 61.5 Å². The van der Waals surface area contributed by atoms with Crippen molar-refractivity contribution in [3.8, 4) is 0 Å². The van der Waals surface area contributed by atoms with Gasteiger partial charge >= 0.3 is 0 Å². The summed E-state index contributed by atoms with van der Waals surface area (Å²) in [5.74, 6) is 1.91. The van der Waals surface area contributed by atoms with E-state index in [-0.39, 0.29) is 5.92 Å². The highest BCUT2D eigenvalue weighted by molar-refractivity contribution is 5.89. The zero-order valence-corrected chi connectivity index (χ0v) is 5.71. The molecule has 0 amide bonds. The standard InChI is InChI=1S/C9H10O/c10-9-6-3-5-1-2-7(9)8(5)4-6/h1-2,5-8H,3-4H2/i1D. The van der Waals surface area contributed by atoms with Crippen LogP contribution < -0.4 is 0 Å². The van der Waals surface area contributed by atoms with Crippen molar-refractivity contribution in [3.05, 3.63) is 12.1 Å². The minimum absolute atomic E-state index is 0.159. The normalized spacial score (nSPS) is 57.4. The Morgan fingerprint density at radius 3 is 3.20 bits per heavy atom. The van der Waals surface area contributed by atoms with Gasteiger partial charge in [-0.2, -0.15) is 0 Å². The maximum Gasteiger partial charge on any atom is 0.143 e. The fourth-order valence-electron chi connectivity index (χ4n) is 2.81. The lowest BCUT2D eigenvalue weighted by molar-refractivity contribution is -0.124. The molecule has 3 aliphatic rings. The Balaban J connectivity index is 2.12. The van der Waals surface area contributed by atoms with Crippen molar-refractivity contribution in [2.75, 3.05) is 0 Å². The average Bonchev–Trinajstić information content (AvgIpc) is 2.53. The smallest absolute Gasteiger partial charge is 0.143 e. The second-order valence-electron chi connectivity index (χ2n) is 3.70. The first kappa shape index (κ1) is 4.32. The van der Waals surface area contributed by atoms with Crippen molar-refractivity contribution in [1.82, 2.24) is 0 Å². The molecule has 0 radical (unpaired) electrons. The van der Waals surface area contributed by atoms with Crippen LogP contribution >= 0.6 is 0 Å². The largest absolute Gasteiger partial charge is 0.299 e. The second kappa shape index (κ2) is 1.36. The molecular weight excluding hydrogens is 124 g/mol. The molecule has 0 aromatic carbocycles. The molecule has 3 aliphatic carbocycles. The molecule has 4 unspecified atom stereocenters. The van der Waals surface area contributed by atoms with E-state index in [4.69, 9.17) is 1.37 Å². The predicted molar refractivity (Wildman–Crippen MR) is 37.3 cm³/mol. The van der Waals surface area contributed by atoms with Crippen molar-refractivity contribution in [2.45, 2.75) is 12.8 Å². The third-order valence-electron chi connectivity index (χ3n) is 3.29. The van der Waals surface area contributed by atoms with Gasteiger partial charge in [-0.15, -0.1) is 0 Å². The van der Waals surface area contributed by atoms with Crippen LogP contribution in [0.1, 0.15) is 14.2 Å². The molecule has 0 aliphatic heterocycles. The number of Topliss-reactive ketones (excluding diaryl/α,β-unsaturated/α-hetero) is 1. The van der Waals surface area contributed by atoms with E-state index in [1.54, 1.807) is 0 Å². The number of hydrogen-bond donors (Lipinski definition) is 0. The predicted octanol–water partition coefficient (Wildman–Crippen LogP) is 1.40. The Morgan fingerprint density at radius 2 is 2.50 bits per heavy atom. The van der Waals surface area contributed by atoms with E-state index in [0.29, 0.717) is 23.5 Å². The number of carbonyl (C=O) groups is 1. The lowest BCUT2D eigenvalue weighted by Crippen LogP contribution is -2.20. The molecule has 0 aromatic rings. The molecule has 1 nitrogen and oxygen atoms in total. The van der Waals surface area contributed by atoms with Gasteiger partial charge in [-0.3, -0.25) is 4.79 Å². The summed E-state index contributed by atoms with van der Waals surface area (Å²) in [5, 5.41) is 0. The Morgan fingerprint density at radius 1 is 1.60 bits per heavy atom. The SMILES string of the molecule is [2H]C1=CC2C(=O)C3CC1C2C3. The quantitative estimate of drug-likeness (QED) is 0.459. The Hall–Kier alpha value is -0.590. The molecule has 0 heterocycles. The number of hydrogen-bond acceptors (Lipinski definition) is 1. The summed E-state index contributed by atoms with van der Waals surface area (Å²) < 4.78 is 7.62. The number of fused-ring (bicyclic) bond motifs is 1. The highest BCUT2D eigenvalue weighted by Gasteiger charge is 2.52. The molecule has 2 fully saturated rings. The third-order valence-corrected chi connectivity index (χ3v) is 3.29. The molecular formula is C9H10O. The second-order valence-corrected chi connectivity index (χ2v) is 3.70. The van der Waals surface area contributed by atoms with Gasteiger partial charge in [-0.1, -0.05) is 12.1 Å². The molecule has 2 bridgehead atoms. The first-order valence-corrected chi connectivity index (χ1v) is 3.99. The molecule has 0 spiro atoms. The van der Waals surface area contributed by atoms with Crippen molar-refractivity contribution in [3.63, 3.8) is 0 Å². The molecule has 1 heteroatoms. The fourth-order valence-corrected chi connectivity index (χ4v) is 2.81. The van der Waals surface area contributed by atoms with Crippen LogP contribution in [0.15, 0.2) is 12.1 Å². The van der Waals surface area contributed by atoms with E-state index < -0.39 is 0 Å². The lowest BCUT2D eigenvalue weighted by atomic mass is 9.87. The lowest BCUT2D eigenvalue weighted by Gasteiger charge is -2.16. The van der Waals surface area contributed by atoms with E-state index in [0.717, 1.165) is 18.9 Å². The van der Waals surface area contributed by atoms with Crippen molar-refractivity contribution in [1.29, 1.82) is 0 Å². The molecule has 52 valence electrons. The zero-order valence-electron chi connectivity index (χ0n) is 6.71. The summed E-state index contributed by atoms with van der Waals surface area (Å²) in [6.07, 6.45) is 3.95. The summed E-state index contributed by atoms with van der Waals surface area (Å²) in [5.41, 5.74) is 0. The van der Waals surface area contributed by atoms with Gasteiger partial charge in [-0.25, -0.2) is 0 Å². The first-order chi connectivity index (χ1) is 5.27. The highest BCUT2D eigenvalue weighted by atomic mass is 16.1. The van der Waals surface area contributed by atoms with Gasteiger partial charge < -0.3 is 0 Å². The molecule has 4 atom stereocenters. The van der Waals surface area contributed by atoms with Crippen LogP contribution in [0, 0.1) is 23.7 Å². The summed E-state index contributed by atoms with van der Waals surface area (Å²) in [6.45, 7) is 0. The van der Waals surface area contributed by atoms with Gasteiger partial charge in [0.25, 0.3) is 0 Å². The maximum atomic E-state index is 11.4. The van der Waals surface area contributed by atoms with E-state index in [1.807, 2.05) is 6.08 Å². The number of ketones is 1. The molecule has 0 N–H and O–H groups in total. The topological polar surface area (TPSA) is 17.1 Å². The average molecular weight is 135 g/mol. The molecule has 0 aromatic heterocycles. The van der Waals surface area contributed by atoms with Crippen LogP contribution in [-0.4, -0.2) is 5.78 Å². The minimum Gasteiger partial charge on any atom is -0.299 e. The summed E-state index contributed by atoms with van der Waals surface area (Å²) in [6, 6.07) is 0.744. The van der Waals surface area contributed by atoms with Crippen LogP contribution in [0.4, 0.5) is 0 Å². The van der Waals surface area contributed by atoms with Crippen LogP contribution in [0.25, 0.3) is 0 Å². The minimum atomic E-state index is 0.159. The molecule has 2 saturated carbocycles. The summed E-state index contributed by atoms with van der Waals surface area (Å²) in [7, 11) is 0. The van der Waals surface area contributed by atoms with Crippen LogP contribution in [0.5, 0.6) is 0 Å². The van der Waals surface area contributed by atoms with E-state index in [2.05, 4.69) is 0 Å². The van der Waals surface area contributed by atoms with E-state index in [9.17, 15) is 4.79 Å². The number of allylic oxidation sites excluding steroid dienone is 2. The zero-order chi connectivity index (χ0) is 7.59. The number of rotatable bonds is 0. The van der Waals surface area contributed by atoms with Crippen LogP contribution in [-0.2, 0) is 4.79 Å². The fraction of sp³-hybridized carbons (Fsp3) is 0.667. The van der Waals surface area contributed by atoms with Gasteiger partial charge in [0.2, 0.25) is 0 Å². The van der Waals surface area contributed by atoms with Gasteiger partial charge in [0.15, 0.2) is 0 Å². The van der Waals surface area contributed by atoms with Gasteiger partial charge in [0.1, 0.15) is 5.78 Å². The van der Waals surface area contributed by atoms with Crippen molar-refractivity contribution < 1.29 is 6.17 Å². The van der Waals surface area contributed by atoms with Crippen molar-refractivity contribution in [2.24, 2.45) is 23.7 Å². The van der Waals surface area contributed by atoms with Crippen LogP contribution in [0.3, 0.4) is 0 Å². The first-order valence-electron chi connectivity index (χ1n) is 4.49. The summed E-state index contributed by atoms with van der Waals surface area (Å²) >= 11 is 0. The van der Waals surface area contributed by atoms with E-state index in [1.165, 1.54) is 0 Å². The number of carbonyl (C=O) groups excluding carboxylic acids is 1. The Bertz CT molecular complexity index is 269. The maximum absolute atomic E-state index is 11.4. The highest BCUT2D eigenvalue weighted by Crippen LogP contribution is 2.54. The molecule has 10 heavy (non-hydrogen) atoms. The van der Waals surface area contributed by atoms with Gasteiger partial charge in [0.05, 0.1) is 1.37 Å². The Kier molecular flexibility index (Phi) is 0.589.